The molecule has 0 aromatic rings. The van der Waals surface area contributed by atoms with Crippen molar-refractivity contribution in [2.24, 2.45) is 5.92 Å². The van der Waals surface area contributed by atoms with Gasteiger partial charge in [0.05, 0.1) is 0 Å². The van der Waals surface area contributed by atoms with Gasteiger partial charge in [0, 0.05) is 12.6 Å². The van der Waals surface area contributed by atoms with Crippen molar-refractivity contribution in [1.82, 2.24) is 10.2 Å². The third kappa shape index (κ3) is 3.62. The molecule has 0 spiro atoms. The van der Waals surface area contributed by atoms with Crippen molar-refractivity contribution in [3.63, 3.8) is 0 Å². The quantitative estimate of drug-likeness (QED) is 0.618. The van der Waals surface area contributed by atoms with E-state index >= 15 is 0 Å². The lowest BCUT2D eigenvalue weighted by Crippen LogP contribution is -2.50. The van der Waals surface area contributed by atoms with E-state index in [4.69, 9.17) is 0 Å². The molecular formula is C13H26N2. The molecule has 0 aromatic heterocycles. The molecule has 1 fully saturated rings. The standard InChI is InChI=1S/C13H26N2/c1-4-9-15(10-5-2)13-8-7-12(13)11-14-6-3/h4,12-14H,1,5-11H2,2-3H3. The van der Waals surface area contributed by atoms with Gasteiger partial charge in [-0.1, -0.05) is 19.9 Å². The van der Waals surface area contributed by atoms with Crippen LogP contribution in [-0.2, 0) is 0 Å². The molecule has 15 heavy (non-hydrogen) atoms. The summed E-state index contributed by atoms with van der Waals surface area (Å²) in [6, 6.07) is 0.807. The normalized spacial score (nSPS) is 25.3. The number of nitrogens with one attached hydrogen (secondary N) is 1. The second-order valence-electron chi connectivity index (χ2n) is 4.50. The molecule has 0 bridgehead atoms. The number of hydrogen-bond acceptors (Lipinski definition) is 2. The van der Waals surface area contributed by atoms with E-state index in [1.165, 1.54) is 32.4 Å². The third-order valence-electron chi connectivity index (χ3n) is 3.38. The van der Waals surface area contributed by atoms with Gasteiger partial charge in [-0.2, -0.15) is 0 Å². The van der Waals surface area contributed by atoms with Crippen molar-refractivity contribution in [2.75, 3.05) is 26.2 Å². The molecular weight excluding hydrogens is 184 g/mol. The molecule has 0 saturated heterocycles. The van der Waals surface area contributed by atoms with Crippen LogP contribution in [0.3, 0.4) is 0 Å². The van der Waals surface area contributed by atoms with Crippen LogP contribution in [-0.4, -0.2) is 37.1 Å². The van der Waals surface area contributed by atoms with Gasteiger partial charge >= 0.3 is 0 Å². The summed E-state index contributed by atoms with van der Waals surface area (Å²) in [5.41, 5.74) is 0. The average molecular weight is 210 g/mol. The summed E-state index contributed by atoms with van der Waals surface area (Å²) in [4.78, 5) is 2.60. The highest BCUT2D eigenvalue weighted by molar-refractivity contribution is 4.92. The average Bonchev–Trinajstić information content (AvgIpc) is 2.17. The monoisotopic (exact) mass is 210 g/mol. The first-order valence-electron chi connectivity index (χ1n) is 6.39. The van der Waals surface area contributed by atoms with Crippen LogP contribution in [0.4, 0.5) is 0 Å². The Bertz CT molecular complexity index is 179. The maximum atomic E-state index is 3.85. The summed E-state index contributed by atoms with van der Waals surface area (Å²) in [5.74, 6) is 0.872. The largest absolute Gasteiger partial charge is 0.317 e. The molecule has 1 aliphatic carbocycles. The highest BCUT2D eigenvalue weighted by atomic mass is 15.2. The summed E-state index contributed by atoms with van der Waals surface area (Å²) in [7, 11) is 0. The van der Waals surface area contributed by atoms with E-state index in [9.17, 15) is 0 Å². The number of rotatable bonds is 8. The Morgan fingerprint density at radius 1 is 1.40 bits per heavy atom. The smallest absolute Gasteiger partial charge is 0.0163 e. The molecule has 0 heterocycles. The van der Waals surface area contributed by atoms with E-state index in [-0.39, 0.29) is 0 Å². The maximum absolute atomic E-state index is 3.85. The van der Waals surface area contributed by atoms with E-state index in [0.29, 0.717) is 0 Å². The Hall–Kier alpha value is -0.340. The van der Waals surface area contributed by atoms with Crippen LogP contribution in [0.5, 0.6) is 0 Å². The molecule has 2 atom stereocenters. The highest BCUT2D eigenvalue weighted by Gasteiger charge is 2.33. The summed E-state index contributed by atoms with van der Waals surface area (Å²) >= 11 is 0. The summed E-state index contributed by atoms with van der Waals surface area (Å²) < 4.78 is 0. The number of nitrogens with zero attached hydrogens (tertiary/aromatic N) is 1. The zero-order valence-electron chi connectivity index (χ0n) is 10.3. The zero-order chi connectivity index (χ0) is 11.1. The summed E-state index contributed by atoms with van der Waals surface area (Å²) in [6.45, 7) is 12.9. The van der Waals surface area contributed by atoms with Crippen molar-refractivity contribution in [2.45, 2.75) is 39.2 Å². The molecule has 0 aliphatic heterocycles. The lowest BCUT2D eigenvalue weighted by atomic mass is 9.78. The van der Waals surface area contributed by atoms with Crippen LogP contribution in [0.2, 0.25) is 0 Å². The van der Waals surface area contributed by atoms with Gasteiger partial charge in [0.15, 0.2) is 0 Å². The minimum Gasteiger partial charge on any atom is -0.317 e. The lowest BCUT2D eigenvalue weighted by molar-refractivity contribution is 0.0718. The van der Waals surface area contributed by atoms with Gasteiger partial charge in [-0.25, -0.2) is 0 Å². The summed E-state index contributed by atoms with van der Waals surface area (Å²) in [5, 5.41) is 3.47. The number of hydrogen-bond donors (Lipinski definition) is 1. The lowest BCUT2D eigenvalue weighted by Gasteiger charge is -2.44. The Morgan fingerprint density at radius 2 is 2.20 bits per heavy atom. The van der Waals surface area contributed by atoms with Gasteiger partial charge in [-0.3, -0.25) is 4.90 Å². The minimum absolute atomic E-state index is 0.807. The maximum Gasteiger partial charge on any atom is 0.0163 e. The van der Waals surface area contributed by atoms with Crippen molar-refractivity contribution >= 4 is 0 Å². The van der Waals surface area contributed by atoms with E-state index in [2.05, 4.69) is 30.6 Å². The molecule has 2 unspecified atom stereocenters. The van der Waals surface area contributed by atoms with E-state index in [0.717, 1.165) is 25.0 Å². The van der Waals surface area contributed by atoms with Gasteiger partial charge in [-0.15, -0.1) is 6.58 Å². The molecule has 0 radical (unpaired) electrons. The molecule has 1 saturated carbocycles. The first-order valence-corrected chi connectivity index (χ1v) is 6.39. The summed E-state index contributed by atoms with van der Waals surface area (Å²) in [6.07, 6.45) is 6.06. The molecule has 2 nitrogen and oxygen atoms in total. The highest BCUT2D eigenvalue weighted by Crippen LogP contribution is 2.31. The predicted molar refractivity (Wildman–Crippen MR) is 67.1 cm³/mol. The second-order valence-corrected chi connectivity index (χ2v) is 4.50. The molecule has 1 aliphatic rings. The van der Waals surface area contributed by atoms with E-state index in [1.54, 1.807) is 0 Å². The Balaban J connectivity index is 2.34. The van der Waals surface area contributed by atoms with Gasteiger partial charge in [0.25, 0.3) is 0 Å². The van der Waals surface area contributed by atoms with Gasteiger partial charge in [0.1, 0.15) is 0 Å². The molecule has 0 amide bonds. The van der Waals surface area contributed by atoms with Crippen LogP contribution >= 0.6 is 0 Å². The topological polar surface area (TPSA) is 15.3 Å². The first kappa shape index (κ1) is 12.7. The van der Waals surface area contributed by atoms with Gasteiger partial charge < -0.3 is 5.32 Å². The van der Waals surface area contributed by atoms with E-state index < -0.39 is 0 Å². The van der Waals surface area contributed by atoms with Crippen LogP contribution in [0.15, 0.2) is 12.7 Å². The third-order valence-corrected chi connectivity index (χ3v) is 3.38. The van der Waals surface area contributed by atoms with Crippen LogP contribution in [0.25, 0.3) is 0 Å². The predicted octanol–water partition coefficient (Wildman–Crippen LogP) is 2.27. The van der Waals surface area contributed by atoms with Gasteiger partial charge in [0.2, 0.25) is 0 Å². The molecule has 1 N–H and O–H groups in total. The SMILES string of the molecule is C=CCN(CCC)C1CCC1CNCC. The second kappa shape index (κ2) is 7.02. The first-order chi connectivity index (χ1) is 7.33. The molecule has 88 valence electrons. The molecule has 0 aromatic carbocycles. The Morgan fingerprint density at radius 3 is 2.67 bits per heavy atom. The van der Waals surface area contributed by atoms with E-state index in [1.807, 2.05) is 6.08 Å². The Kier molecular flexibility index (Phi) is 5.96. The zero-order valence-corrected chi connectivity index (χ0v) is 10.3. The van der Waals surface area contributed by atoms with Gasteiger partial charge in [-0.05, 0) is 44.8 Å². The van der Waals surface area contributed by atoms with Crippen LogP contribution in [0.1, 0.15) is 33.1 Å². The molecule has 1 rings (SSSR count). The van der Waals surface area contributed by atoms with Crippen molar-refractivity contribution < 1.29 is 0 Å². The van der Waals surface area contributed by atoms with Crippen LogP contribution in [0, 0.1) is 5.92 Å². The minimum atomic E-state index is 0.807. The van der Waals surface area contributed by atoms with Crippen molar-refractivity contribution in [3.05, 3.63) is 12.7 Å². The van der Waals surface area contributed by atoms with Crippen LogP contribution < -0.4 is 5.32 Å². The Labute approximate surface area is 94.7 Å². The fourth-order valence-electron chi connectivity index (χ4n) is 2.45. The van der Waals surface area contributed by atoms with Crippen molar-refractivity contribution in [1.29, 1.82) is 0 Å². The fraction of sp³-hybridized carbons (Fsp3) is 0.846. The van der Waals surface area contributed by atoms with Crippen molar-refractivity contribution in [3.8, 4) is 0 Å². The fourth-order valence-corrected chi connectivity index (χ4v) is 2.45. The molecule has 2 heteroatoms.